The first-order chi connectivity index (χ1) is 12.0. The third-order valence-electron chi connectivity index (χ3n) is 3.73. The SMILES string of the molecule is O=C(COc1ccc(CC2SC(O)NC2=O)cc1)c1ccc(Cl)cc1. The Morgan fingerprint density at radius 2 is 1.84 bits per heavy atom. The molecule has 1 fully saturated rings. The summed E-state index contributed by atoms with van der Waals surface area (Å²) in [7, 11) is 0. The van der Waals surface area contributed by atoms with Crippen LogP contribution in [0.5, 0.6) is 5.75 Å². The van der Waals surface area contributed by atoms with E-state index in [2.05, 4.69) is 5.32 Å². The van der Waals surface area contributed by atoms with Gasteiger partial charge >= 0.3 is 0 Å². The second-order valence-corrected chi connectivity index (χ2v) is 7.28. The molecule has 0 radical (unpaired) electrons. The number of amides is 1. The van der Waals surface area contributed by atoms with Crippen LogP contribution in [-0.4, -0.2) is 34.2 Å². The molecule has 25 heavy (non-hydrogen) atoms. The number of halogens is 1. The molecule has 5 nitrogen and oxygen atoms in total. The summed E-state index contributed by atoms with van der Waals surface area (Å²) in [6.45, 7) is -0.0615. The van der Waals surface area contributed by atoms with Crippen LogP contribution in [0.1, 0.15) is 15.9 Å². The number of Topliss-reactive ketones (excluding diaryl/α,β-unsaturated/α-hetero) is 1. The maximum Gasteiger partial charge on any atom is 0.236 e. The summed E-state index contributed by atoms with van der Waals surface area (Å²) in [5.41, 5.74) is 0.668. The number of hydrogen-bond donors (Lipinski definition) is 2. The number of nitrogens with one attached hydrogen (secondary N) is 1. The monoisotopic (exact) mass is 377 g/mol. The fourth-order valence-electron chi connectivity index (χ4n) is 2.41. The van der Waals surface area contributed by atoms with E-state index >= 15 is 0 Å². The molecule has 1 saturated heterocycles. The van der Waals surface area contributed by atoms with Crippen molar-refractivity contribution in [3.8, 4) is 5.75 Å². The molecule has 1 aliphatic heterocycles. The predicted octanol–water partition coefficient (Wildman–Crippen LogP) is 2.65. The number of carbonyl (C=O) groups is 2. The van der Waals surface area contributed by atoms with Gasteiger partial charge in [-0.15, -0.1) is 0 Å². The Labute approximate surface area is 154 Å². The van der Waals surface area contributed by atoms with Crippen molar-refractivity contribution in [2.75, 3.05) is 6.61 Å². The predicted molar refractivity (Wildman–Crippen MR) is 97.0 cm³/mol. The third kappa shape index (κ3) is 4.75. The quantitative estimate of drug-likeness (QED) is 0.757. The van der Waals surface area contributed by atoms with Gasteiger partial charge in [0, 0.05) is 10.6 Å². The maximum absolute atomic E-state index is 12.1. The number of ether oxygens (including phenoxy) is 1. The Kier molecular flexibility index (Phi) is 5.63. The van der Waals surface area contributed by atoms with Gasteiger partial charge < -0.3 is 15.2 Å². The van der Waals surface area contributed by atoms with Gasteiger partial charge in [0.1, 0.15) is 5.75 Å². The normalized spacial score (nSPS) is 19.5. The molecule has 0 bridgehead atoms. The van der Waals surface area contributed by atoms with Crippen molar-refractivity contribution < 1.29 is 19.4 Å². The summed E-state index contributed by atoms with van der Waals surface area (Å²) in [6, 6.07) is 13.9. The molecule has 1 heterocycles. The standard InChI is InChI=1S/C18H16ClNO4S/c19-13-5-3-12(4-6-13)15(21)10-24-14-7-1-11(2-8-14)9-16-17(22)20-18(23)25-16/h1-8,16,18,23H,9-10H2,(H,20,22). The molecule has 0 aromatic heterocycles. The molecule has 1 amide bonds. The smallest absolute Gasteiger partial charge is 0.236 e. The van der Waals surface area contributed by atoms with E-state index in [0.29, 0.717) is 22.8 Å². The summed E-state index contributed by atoms with van der Waals surface area (Å²) in [5, 5.41) is 12.1. The van der Waals surface area contributed by atoms with E-state index in [-0.39, 0.29) is 23.5 Å². The third-order valence-corrected chi connectivity index (χ3v) is 5.07. The zero-order valence-electron chi connectivity index (χ0n) is 13.1. The Morgan fingerprint density at radius 1 is 1.16 bits per heavy atom. The first kappa shape index (κ1) is 17.8. The molecular formula is C18H16ClNO4S. The average Bonchev–Trinajstić information content (AvgIpc) is 2.92. The number of rotatable bonds is 6. The lowest BCUT2D eigenvalue weighted by Gasteiger charge is -2.09. The molecule has 2 aromatic rings. The van der Waals surface area contributed by atoms with Gasteiger partial charge in [-0.3, -0.25) is 9.59 Å². The second-order valence-electron chi connectivity index (χ2n) is 5.55. The van der Waals surface area contributed by atoms with E-state index in [0.717, 1.165) is 5.56 Å². The van der Waals surface area contributed by atoms with E-state index in [1.54, 1.807) is 36.4 Å². The van der Waals surface area contributed by atoms with Crippen LogP contribution in [0.3, 0.4) is 0 Å². The van der Waals surface area contributed by atoms with Gasteiger partial charge in [-0.05, 0) is 48.4 Å². The zero-order valence-corrected chi connectivity index (χ0v) is 14.7. The Hall–Kier alpha value is -2.02. The van der Waals surface area contributed by atoms with Gasteiger partial charge in [0.25, 0.3) is 0 Å². The largest absolute Gasteiger partial charge is 0.485 e. The zero-order chi connectivity index (χ0) is 17.8. The van der Waals surface area contributed by atoms with Crippen LogP contribution >= 0.6 is 23.4 Å². The van der Waals surface area contributed by atoms with Crippen molar-refractivity contribution in [3.63, 3.8) is 0 Å². The summed E-state index contributed by atoms with van der Waals surface area (Å²) in [5.74, 6) is 0.287. The molecule has 3 rings (SSSR count). The molecule has 2 unspecified atom stereocenters. The maximum atomic E-state index is 12.1. The molecule has 0 saturated carbocycles. The number of carbonyl (C=O) groups excluding carboxylic acids is 2. The van der Waals surface area contributed by atoms with Gasteiger partial charge in [-0.2, -0.15) is 0 Å². The molecule has 0 spiro atoms. The summed E-state index contributed by atoms with van der Waals surface area (Å²) >= 11 is 6.99. The van der Waals surface area contributed by atoms with E-state index < -0.39 is 5.56 Å². The minimum Gasteiger partial charge on any atom is -0.485 e. The molecular weight excluding hydrogens is 362 g/mol. The topological polar surface area (TPSA) is 75.6 Å². The summed E-state index contributed by atoms with van der Waals surface area (Å²) in [4.78, 5) is 23.7. The number of hydrogen-bond acceptors (Lipinski definition) is 5. The Balaban J connectivity index is 1.53. The minimum atomic E-state index is -0.834. The highest BCUT2D eigenvalue weighted by Gasteiger charge is 2.31. The van der Waals surface area contributed by atoms with Gasteiger partial charge in [-0.1, -0.05) is 35.5 Å². The lowest BCUT2D eigenvalue weighted by atomic mass is 10.1. The number of benzene rings is 2. The minimum absolute atomic E-state index is 0.0615. The molecule has 130 valence electrons. The fraction of sp³-hybridized carbons (Fsp3) is 0.222. The first-order valence-corrected chi connectivity index (χ1v) is 8.98. The van der Waals surface area contributed by atoms with Gasteiger partial charge in [0.2, 0.25) is 5.91 Å². The number of thioether (sulfide) groups is 1. The van der Waals surface area contributed by atoms with E-state index in [1.165, 1.54) is 11.8 Å². The number of aliphatic hydroxyl groups excluding tert-OH is 1. The molecule has 1 aliphatic rings. The van der Waals surface area contributed by atoms with Crippen molar-refractivity contribution in [3.05, 3.63) is 64.7 Å². The molecule has 7 heteroatoms. The lowest BCUT2D eigenvalue weighted by Crippen LogP contribution is -2.27. The highest BCUT2D eigenvalue weighted by Crippen LogP contribution is 2.25. The molecule has 2 N–H and O–H groups in total. The molecule has 2 atom stereocenters. The van der Waals surface area contributed by atoms with Crippen molar-refractivity contribution >= 4 is 35.1 Å². The summed E-state index contributed by atoms with van der Waals surface area (Å²) < 4.78 is 5.51. The van der Waals surface area contributed by atoms with Crippen LogP contribution in [0.25, 0.3) is 0 Å². The highest BCUT2D eigenvalue weighted by atomic mass is 35.5. The first-order valence-electron chi connectivity index (χ1n) is 7.66. The fourth-order valence-corrected chi connectivity index (χ4v) is 3.51. The van der Waals surface area contributed by atoms with Crippen LogP contribution in [-0.2, 0) is 11.2 Å². The second kappa shape index (κ2) is 7.91. The van der Waals surface area contributed by atoms with Gasteiger partial charge in [-0.25, -0.2) is 0 Å². The molecule has 2 aromatic carbocycles. The van der Waals surface area contributed by atoms with E-state index in [1.807, 2.05) is 12.1 Å². The van der Waals surface area contributed by atoms with Crippen LogP contribution in [0.4, 0.5) is 0 Å². The molecule has 0 aliphatic carbocycles. The van der Waals surface area contributed by atoms with Crippen LogP contribution in [0.15, 0.2) is 48.5 Å². The van der Waals surface area contributed by atoms with Crippen LogP contribution in [0.2, 0.25) is 5.02 Å². The van der Waals surface area contributed by atoms with Gasteiger partial charge in [0.15, 0.2) is 18.0 Å². The van der Waals surface area contributed by atoms with Crippen molar-refractivity contribution in [2.45, 2.75) is 17.2 Å². The summed E-state index contributed by atoms with van der Waals surface area (Å²) in [6.07, 6.45) is 0.525. The van der Waals surface area contributed by atoms with Crippen molar-refractivity contribution in [1.29, 1.82) is 0 Å². The van der Waals surface area contributed by atoms with Crippen LogP contribution in [0, 0.1) is 0 Å². The number of aliphatic hydroxyl groups is 1. The Morgan fingerprint density at radius 3 is 2.44 bits per heavy atom. The van der Waals surface area contributed by atoms with E-state index in [9.17, 15) is 14.7 Å². The highest BCUT2D eigenvalue weighted by molar-refractivity contribution is 8.01. The van der Waals surface area contributed by atoms with Crippen LogP contribution < -0.4 is 10.1 Å². The average molecular weight is 378 g/mol. The van der Waals surface area contributed by atoms with Crippen molar-refractivity contribution in [2.24, 2.45) is 0 Å². The van der Waals surface area contributed by atoms with E-state index in [4.69, 9.17) is 16.3 Å². The Bertz CT molecular complexity index is 764. The number of ketones is 1. The van der Waals surface area contributed by atoms with Gasteiger partial charge in [0.05, 0.1) is 5.25 Å². The lowest BCUT2D eigenvalue weighted by molar-refractivity contribution is -0.121. The van der Waals surface area contributed by atoms with Crippen molar-refractivity contribution in [1.82, 2.24) is 5.32 Å².